The zero-order valence-electron chi connectivity index (χ0n) is 37.7. The minimum absolute atomic E-state index is 0.175. The molecular weight excluding hydrogens is 873 g/mol. The van der Waals surface area contributed by atoms with Crippen LogP contribution < -0.4 is 18.9 Å². The second-order valence-corrected chi connectivity index (χ2v) is 15.0. The topological polar surface area (TPSA) is 176 Å². The maximum absolute atomic E-state index is 13.3. The summed E-state index contributed by atoms with van der Waals surface area (Å²) in [6.45, 7) is 8.16. The van der Waals surface area contributed by atoms with Crippen molar-refractivity contribution in [2.24, 2.45) is 0 Å². The molecule has 14 heteroatoms. The lowest BCUT2D eigenvalue weighted by atomic mass is 10.1. The standard InChI is InChI=1S/C54H54O14/c1-3-49(55)63-36-14-7-5-12-34-61-44-26-18-41(19-27-44)52(58)66-46-30-22-40(23-31-46)51(57)65-38-48(39-16-10-9-11-17-39)68-54(60)43-24-32-47(33-25-43)67-53(59)42-20-28-45(29-21-42)62-35-13-6-8-15-37-64-50(56)4-2/h3-4,9-11,16-33,48H,1-2,5-8,12-15,34-38H2. The fourth-order valence-corrected chi connectivity index (χ4v) is 6.28. The van der Waals surface area contributed by atoms with E-state index in [4.69, 9.17) is 37.9 Å². The number of unbranched alkanes of at least 4 members (excludes halogenated alkanes) is 6. The van der Waals surface area contributed by atoms with Crippen LogP contribution in [0.2, 0.25) is 0 Å². The SMILES string of the molecule is C=CC(=O)OCCCCCCOc1ccc(C(=O)Oc2ccc(C(=O)OCC(OC(=O)c3ccc(OC(=O)c4ccc(OCCCCCCOC(=O)C=C)cc4)cc3)c3ccccc3)cc2)cc1. The van der Waals surface area contributed by atoms with Gasteiger partial charge in [-0.15, -0.1) is 0 Å². The normalized spacial score (nSPS) is 10.9. The molecule has 0 heterocycles. The van der Waals surface area contributed by atoms with E-state index in [1.54, 1.807) is 78.9 Å². The highest BCUT2D eigenvalue weighted by Gasteiger charge is 2.22. The Morgan fingerprint density at radius 1 is 0.397 bits per heavy atom. The number of ether oxygens (including phenoxy) is 8. The van der Waals surface area contributed by atoms with Crippen LogP contribution in [-0.4, -0.2) is 68.9 Å². The van der Waals surface area contributed by atoms with Crippen molar-refractivity contribution in [1.82, 2.24) is 0 Å². The van der Waals surface area contributed by atoms with Gasteiger partial charge < -0.3 is 37.9 Å². The van der Waals surface area contributed by atoms with Crippen molar-refractivity contribution in [2.45, 2.75) is 57.5 Å². The van der Waals surface area contributed by atoms with Crippen molar-refractivity contribution in [3.63, 3.8) is 0 Å². The summed E-state index contributed by atoms with van der Waals surface area (Å²) in [5.41, 5.74) is 1.57. The lowest BCUT2D eigenvalue weighted by Gasteiger charge is -2.18. The summed E-state index contributed by atoms with van der Waals surface area (Å²) in [4.78, 5) is 74.2. The van der Waals surface area contributed by atoms with E-state index in [1.165, 1.54) is 48.5 Å². The molecule has 5 aromatic rings. The number of carbonyl (C=O) groups is 6. The van der Waals surface area contributed by atoms with Crippen LogP contribution in [0.15, 0.2) is 153 Å². The Hall–Kier alpha value is -8.00. The summed E-state index contributed by atoms with van der Waals surface area (Å²) in [5, 5.41) is 0. The number of rotatable bonds is 28. The lowest BCUT2D eigenvalue weighted by molar-refractivity contribution is -0.138. The molecule has 0 saturated heterocycles. The molecule has 1 atom stereocenters. The monoisotopic (exact) mass is 926 g/mol. The van der Waals surface area contributed by atoms with Gasteiger partial charge in [0.2, 0.25) is 0 Å². The number of esters is 6. The van der Waals surface area contributed by atoms with E-state index in [2.05, 4.69) is 13.2 Å². The minimum atomic E-state index is -0.957. The number of hydrogen-bond acceptors (Lipinski definition) is 14. The predicted molar refractivity (Wildman–Crippen MR) is 251 cm³/mol. The molecule has 0 amide bonds. The summed E-state index contributed by atoms with van der Waals surface area (Å²) in [6, 6.07) is 33.7. The molecule has 0 N–H and O–H groups in total. The highest BCUT2D eigenvalue weighted by Crippen LogP contribution is 2.24. The van der Waals surface area contributed by atoms with Crippen LogP contribution in [0.4, 0.5) is 0 Å². The van der Waals surface area contributed by atoms with Crippen LogP contribution in [-0.2, 0) is 28.5 Å². The first-order valence-corrected chi connectivity index (χ1v) is 22.2. The van der Waals surface area contributed by atoms with Gasteiger partial charge in [-0.3, -0.25) is 0 Å². The highest BCUT2D eigenvalue weighted by molar-refractivity contribution is 5.93. The fraction of sp³-hybridized carbons (Fsp3) is 0.259. The van der Waals surface area contributed by atoms with Gasteiger partial charge in [-0.25, -0.2) is 28.8 Å². The molecule has 0 aliphatic carbocycles. The molecule has 5 rings (SSSR count). The van der Waals surface area contributed by atoms with Crippen molar-refractivity contribution < 1.29 is 66.7 Å². The summed E-state index contributed by atoms with van der Waals surface area (Å²) >= 11 is 0. The molecule has 68 heavy (non-hydrogen) atoms. The van der Waals surface area contributed by atoms with Gasteiger partial charge in [0.25, 0.3) is 0 Å². The van der Waals surface area contributed by atoms with E-state index in [1.807, 2.05) is 0 Å². The molecular formula is C54H54O14. The van der Waals surface area contributed by atoms with Gasteiger partial charge in [0, 0.05) is 12.2 Å². The van der Waals surface area contributed by atoms with Crippen molar-refractivity contribution in [3.8, 4) is 23.0 Å². The van der Waals surface area contributed by atoms with E-state index < -0.39 is 41.9 Å². The molecule has 1 unspecified atom stereocenters. The summed E-state index contributed by atoms with van der Waals surface area (Å²) in [6.07, 6.45) is 8.12. The molecule has 0 radical (unpaired) electrons. The lowest BCUT2D eigenvalue weighted by Crippen LogP contribution is -2.19. The molecule has 0 aliphatic heterocycles. The summed E-state index contributed by atoms with van der Waals surface area (Å²) < 4.78 is 43.8. The predicted octanol–water partition coefficient (Wildman–Crippen LogP) is 10.2. The van der Waals surface area contributed by atoms with Gasteiger partial charge in [0.15, 0.2) is 6.10 Å². The second kappa shape index (κ2) is 28.1. The van der Waals surface area contributed by atoms with Gasteiger partial charge >= 0.3 is 35.8 Å². The average Bonchev–Trinajstić information content (AvgIpc) is 3.37. The molecule has 0 aliphatic rings. The Balaban J connectivity index is 1.03. The molecule has 14 nitrogen and oxygen atoms in total. The maximum atomic E-state index is 13.3. The number of benzene rings is 5. The molecule has 5 aromatic carbocycles. The van der Waals surface area contributed by atoms with Crippen molar-refractivity contribution in [2.75, 3.05) is 33.0 Å². The van der Waals surface area contributed by atoms with Crippen LogP contribution in [0.5, 0.6) is 23.0 Å². The van der Waals surface area contributed by atoms with Gasteiger partial charge in [-0.05, 0) is 154 Å². The van der Waals surface area contributed by atoms with E-state index in [-0.39, 0.29) is 29.2 Å². The van der Waals surface area contributed by atoms with Crippen LogP contribution in [0, 0.1) is 0 Å². The molecule has 0 bridgehead atoms. The summed E-state index contributed by atoms with van der Waals surface area (Å²) in [7, 11) is 0. The summed E-state index contributed by atoms with van der Waals surface area (Å²) in [5.74, 6) is -1.78. The Kier molecular flexibility index (Phi) is 21.1. The Morgan fingerprint density at radius 2 is 0.765 bits per heavy atom. The van der Waals surface area contributed by atoms with E-state index in [0.29, 0.717) is 54.6 Å². The fourth-order valence-electron chi connectivity index (χ4n) is 6.28. The van der Waals surface area contributed by atoms with Gasteiger partial charge in [-0.2, -0.15) is 0 Å². The molecule has 0 aromatic heterocycles. The van der Waals surface area contributed by atoms with Crippen molar-refractivity contribution in [1.29, 1.82) is 0 Å². The molecule has 0 fully saturated rings. The van der Waals surface area contributed by atoms with Gasteiger partial charge in [0.05, 0.1) is 48.7 Å². The molecule has 354 valence electrons. The first-order chi connectivity index (χ1) is 33.1. The Morgan fingerprint density at radius 3 is 1.18 bits per heavy atom. The zero-order chi connectivity index (χ0) is 48.4. The van der Waals surface area contributed by atoms with Crippen molar-refractivity contribution in [3.05, 3.63) is 181 Å². The highest BCUT2D eigenvalue weighted by atomic mass is 16.6. The smallest absolute Gasteiger partial charge is 0.343 e. The van der Waals surface area contributed by atoms with Gasteiger partial charge in [-0.1, -0.05) is 43.5 Å². The van der Waals surface area contributed by atoms with Crippen LogP contribution in [0.25, 0.3) is 0 Å². The van der Waals surface area contributed by atoms with E-state index >= 15 is 0 Å². The zero-order valence-corrected chi connectivity index (χ0v) is 37.7. The number of hydrogen-bond donors (Lipinski definition) is 0. The van der Waals surface area contributed by atoms with Crippen LogP contribution >= 0.6 is 0 Å². The number of carbonyl (C=O) groups excluding carboxylic acids is 6. The largest absolute Gasteiger partial charge is 0.494 e. The first kappa shape index (κ1) is 51.0. The van der Waals surface area contributed by atoms with Gasteiger partial charge in [0.1, 0.15) is 29.6 Å². The average molecular weight is 927 g/mol. The quantitative estimate of drug-likeness (QED) is 0.0152. The minimum Gasteiger partial charge on any atom is -0.494 e. The van der Waals surface area contributed by atoms with E-state index in [9.17, 15) is 28.8 Å². The third-order valence-corrected chi connectivity index (χ3v) is 10.0. The van der Waals surface area contributed by atoms with Crippen LogP contribution in [0.1, 0.15) is 104 Å². The third-order valence-electron chi connectivity index (χ3n) is 10.0. The third kappa shape index (κ3) is 17.8. The van der Waals surface area contributed by atoms with Crippen molar-refractivity contribution >= 4 is 35.8 Å². The Bertz CT molecular complexity index is 2410. The van der Waals surface area contributed by atoms with E-state index in [0.717, 1.165) is 63.5 Å². The first-order valence-electron chi connectivity index (χ1n) is 22.2. The Labute approximate surface area is 395 Å². The maximum Gasteiger partial charge on any atom is 0.343 e. The second-order valence-electron chi connectivity index (χ2n) is 15.0. The van der Waals surface area contributed by atoms with Crippen LogP contribution in [0.3, 0.4) is 0 Å². The molecule has 0 spiro atoms. The molecule has 0 saturated carbocycles.